The molecule has 4 nitrogen and oxygen atoms in total. The second-order valence-corrected chi connectivity index (χ2v) is 7.90. The molecule has 1 saturated carbocycles. The van der Waals surface area contributed by atoms with Gasteiger partial charge in [0.1, 0.15) is 11.3 Å². The van der Waals surface area contributed by atoms with E-state index in [1.54, 1.807) is 6.07 Å². The molecule has 0 radical (unpaired) electrons. The molecule has 1 aliphatic carbocycles. The van der Waals surface area contributed by atoms with Crippen molar-refractivity contribution in [1.29, 1.82) is 0 Å². The van der Waals surface area contributed by atoms with Gasteiger partial charge in [-0.3, -0.25) is 4.79 Å². The minimum Gasteiger partial charge on any atom is -0.490 e. The lowest BCUT2D eigenvalue weighted by atomic mass is 9.87. The highest BCUT2D eigenvalue weighted by Gasteiger charge is 2.42. The number of hydrogen-bond acceptors (Lipinski definition) is 3. The van der Waals surface area contributed by atoms with Gasteiger partial charge in [0.25, 0.3) is 0 Å². The lowest BCUT2D eigenvalue weighted by Crippen LogP contribution is -2.32. The van der Waals surface area contributed by atoms with Crippen LogP contribution in [0.2, 0.25) is 0 Å². The van der Waals surface area contributed by atoms with Gasteiger partial charge in [-0.1, -0.05) is 24.3 Å². The van der Waals surface area contributed by atoms with Crippen molar-refractivity contribution in [1.82, 2.24) is 5.32 Å². The van der Waals surface area contributed by atoms with Crippen LogP contribution >= 0.6 is 0 Å². The standard InChI is InChI=1S/C22H23F6NO3/c23-21(24,25)14-4-6-15(7-5-14)32-18-9-8-16-13(12-29-11-10-19(30)31)2-1-3-17(16)20(18)22(26,27)28/h1-3,8-9,14-15,29H,4-7,10-12H2,(H,30,31). The Kier molecular flexibility index (Phi) is 7.22. The normalized spacial score (nSPS) is 19.8. The number of ether oxygens (including phenoxy) is 1. The van der Waals surface area contributed by atoms with E-state index in [9.17, 15) is 31.1 Å². The van der Waals surface area contributed by atoms with Gasteiger partial charge in [0.05, 0.1) is 18.4 Å². The van der Waals surface area contributed by atoms with Crippen molar-refractivity contribution in [3.8, 4) is 5.75 Å². The summed E-state index contributed by atoms with van der Waals surface area (Å²) in [5, 5.41) is 11.9. The SMILES string of the molecule is O=C(O)CCNCc1cccc2c(C(F)(F)F)c(OC3CCC(C(F)(F)F)CC3)ccc12. The minimum atomic E-state index is -4.73. The van der Waals surface area contributed by atoms with Gasteiger partial charge < -0.3 is 15.2 Å². The Labute approximate surface area is 180 Å². The summed E-state index contributed by atoms with van der Waals surface area (Å²) in [6.45, 7) is 0.350. The molecule has 0 heterocycles. The van der Waals surface area contributed by atoms with Crippen LogP contribution < -0.4 is 10.1 Å². The molecule has 176 valence electrons. The Morgan fingerprint density at radius 3 is 2.28 bits per heavy atom. The van der Waals surface area contributed by atoms with Gasteiger partial charge in [-0.05, 0) is 48.1 Å². The van der Waals surface area contributed by atoms with Gasteiger partial charge in [-0.2, -0.15) is 26.3 Å². The predicted molar refractivity (Wildman–Crippen MR) is 105 cm³/mol. The number of nitrogens with one attached hydrogen (secondary N) is 1. The van der Waals surface area contributed by atoms with Crippen molar-refractivity contribution in [2.45, 2.75) is 57.1 Å². The Hall–Kier alpha value is -2.49. The smallest absolute Gasteiger partial charge is 0.420 e. The van der Waals surface area contributed by atoms with E-state index in [1.165, 1.54) is 24.3 Å². The molecule has 1 fully saturated rings. The van der Waals surface area contributed by atoms with Gasteiger partial charge in [0, 0.05) is 13.1 Å². The van der Waals surface area contributed by atoms with Crippen LogP contribution in [0.5, 0.6) is 5.75 Å². The molecule has 2 N–H and O–H groups in total. The van der Waals surface area contributed by atoms with E-state index in [2.05, 4.69) is 5.32 Å². The first-order valence-corrected chi connectivity index (χ1v) is 10.2. The molecule has 3 rings (SSSR count). The molecule has 0 unspecified atom stereocenters. The lowest BCUT2D eigenvalue weighted by Gasteiger charge is -2.31. The van der Waals surface area contributed by atoms with Crippen LogP contribution in [0.3, 0.4) is 0 Å². The van der Waals surface area contributed by atoms with Crippen molar-refractivity contribution in [2.24, 2.45) is 5.92 Å². The molecule has 2 aromatic rings. The number of carboxylic acid groups (broad SMARTS) is 1. The van der Waals surface area contributed by atoms with Gasteiger partial charge >= 0.3 is 18.3 Å². The highest BCUT2D eigenvalue weighted by Crippen LogP contribution is 2.44. The van der Waals surface area contributed by atoms with E-state index in [0.717, 1.165) is 0 Å². The third kappa shape index (κ3) is 5.85. The van der Waals surface area contributed by atoms with Crippen LogP contribution in [0.4, 0.5) is 26.3 Å². The maximum atomic E-state index is 14.0. The molecule has 0 bridgehead atoms. The number of fused-ring (bicyclic) bond motifs is 1. The molecule has 10 heteroatoms. The third-order valence-corrected chi connectivity index (χ3v) is 5.66. The number of rotatable bonds is 7. The maximum absolute atomic E-state index is 14.0. The van der Waals surface area contributed by atoms with Crippen LogP contribution in [0, 0.1) is 5.92 Å². The summed E-state index contributed by atoms with van der Waals surface area (Å²) in [5.41, 5.74) is -0.393. The summed E-state index contributed by atoms with van der Waals surface area (Å²) >= 11 is 0. The van der Waals surface area contributed by atoms with Crippen molar-refractivity contribution in [3.05, 3.63) is 41.5 Å². The fourth-order valence-electron chi connectivity index (χ4n) is 4.05. The van der Waals surface area contributed by atoms with Crippen LogP contribution in [0.25, 0.3) is 10.8 Å². The zero-order valence-corrected chi connectivity index (χ0v) is 17.0. The van der Waals surface area contributed by atoms with Crippen molar-refractivity contribution < 1.29 is 41.0 Å². The predicted octanol–water partition coefficient (Wildman–Crippen LogP) is 5.92. The summed E-state index contributed by atoms with van der Waals surface area (Å²) in [6.07, 6.45) is -10.1. The number of halogens is 6. The Balaban J connectivity index is 1.84. The van der Waals surface area contributed by atoms with E-state index >= 15 is 0 Å². The van der Waals surface area contributed by atoms with E-state index < -0.39 is 41.7 Å². The van der Waals surface area contributed by atoms with E-state index in [-0.39, 0.29) is 50.6 Å². The first kappa shape index (κ1) is 24.2. The Morgan fingerprint density at radius 1 is 1.00 bits per heavy atom. The van der Waals surface area contributed by atoms with Crippen LogP contribution in [0.1, 0.15) is 43.2 Å². The molecule has 0 saturated heterocycles. The highest BCUT2D eigenvalue weighted by atomic mass is 19.4. The number of carboxylic acids is 1. The molecule has 0 amide bonds. The fraction of sp³-hybridized carbons (Fsp3) is 0.500. The van der Waals surface area contributed by atoms with Crippen LogP contribution in [-0.2, 0) is 17.5 Å². The van der Waals surface area contributed by atoms with E-state index in [1.807, 2.05) is 0 Å². The average Bonchev–Trinajstić information content (AvgIpc) is 2.69. The number of hydrogen-bond donors (Lipinski definition) is 2. The van der Waals surface area contributed by atoms with Crippen LogP contribution in [-0.4, -0.2) is 29.9 Å². The summed E-state index contributed by atoms with van der Waals surface area (Å²) in [5.74, 6) is -2.82. The molecular formula is C22H23F6NO3. The van der Waals surface area contributed by atoms with Crippen molar-refractivity contribution in [3.63, 3.8) is 0 Å². The molecular weight excluding hydrogens is 440 g/mol. The first-order chi connectivity index (χ1) is 15.0. The average molecular weight is 463 g/mol. The maximum Gasteiger partial charge on any atom is 0.420 e. The minimum absolute atomic E-state index is 0.0348. The Bertz CT molecular complexity index is 949. The van der Waals surface area contributed by atoms with Gasteiger partial charge in [-0.15, -0.1) is 0 Å². The molecule has 0 spiro atoms. The zero-order valence-electron chi connectivity index (χ0n) is 17.0. The van der Waals surface area contributed by atoms with Gasteiger partial charge in [0.2, 0.25) is 0 Å². The number of aliphatic carboxylic acids is 1. The molecule has 32 heavy (non-hydrogen) atoms. The summed E-state index contributed by atoms with van der Waals surface area (Å²) in [6, 6.07) is 7.16. The molecule has 0 atom stereocenters. The van der Waals surface area contributed by atoms with Gasteiger partial charge in [0.15, 0.2) is 0 Å². The lowest BCUT2D eigenvalue weighted by molar-refractivity contribution is -0.185. The van der Waals surface area contributed by atoms with Crippen LogP contribution in [0.15, 0.2) is 30.3 Å². The molecule has 0 aliphatic heterocycles. The monoisotopic (exact) mass is 463 g/mol. The van der Waals surface area contributed by atoms with E-state index in [0.29, 0.717) is 10.9 Å². The summed E-state index contributed by atoms with van der Waals surface area (Å²) in [7, 11) is 0. The number of alkyl halides is 6. The zero-order chi connectivity index (χ0) is 23.5. The number of carbonyl (C=O) groups is 1. The molecule has 1 aliphatic rings. The third-order valence-electron chi connectivity index (χ3n) is 5.66. The van der Waals surface area contributed by atoms with E-state index in [4.69, 9.17) is 9.84 Å². The Morgan fingerprint density at radius 2 is 1.69 bits per heavy atom. The summed E-state index contributed by atoms with van der Waals surface area (Å²) < 4.78 is 86.0. The largest absolute Gasteiger partial charge is 0.490 e. The van der Waals surface area contributed by atoms with Crippen molar-refractivity contribution >= 4 is 16.7 Å². The molecule has 2 aromatic carbocycles. The fourth-order valence-corrected chi connectivity index (χ4v) is 4.05. The number of benzene rings is 2. The second-order valence-electron chi connectivity index (χ2n) is 7.90. The first-order valence-electron chi connectivity index (χ1n) is 10.2. The second kappa shape index (κ2) is 9.56. The molecule has 0 aromatic heterocycles. The topological polar surface area (TPSA) is 58.6 Å². The van der Waals surface area contributed by atoms with Gasteiger partial charge in [-0.25, -0.2) is 0 Å². The summed E-state index contributed by atoms with van der Waals surface area (Å²) in [4.78, 5) is 10.6. The van der Waals surface area contributed by atoms with Crippen molar-refractivity contribution in [2.75, 3.05) is 6.54 Å². The quantitative estimate of drug-likeness (QED) is 0.395. The highest BCUT2D eigenvalue weighted by molar-refractivity contribution is 5.91.